The van der Waals surface area contributed by atoms with Gasteiger partial charge in [0.15, 0.2) is 0 Å². The summed E-state index contributed by atoms with van der Waals surface area (Å²) in [6.45, 7) is 1.19. The van der Waals surface area contributed by atoms with E-state index in [1.807, 2.05) is 47.8 Å². The molecule has 6 nitrogen and oxygen atoms in total. The first kappa shape index (κ1) is 20.2. The number of methoxy groups -OCH3 is 1. The highest BCUT2D eigenvalue weighted by Gasteiger charge is 2.53. The molecular formula is C21H24N2O4S. The van der Waals surface area contributed by atoms with E-state index < -0.39 is 5.41 Å². The smallest absolute Gasteiger partial charge is 0.240 e. The molecule has 28 heavy (non-hydrogen) atoms. The fraction of sp³-hybridized carbons (Fsp3) is 0.381. The zero-order valence-corrected chi connectivity index (χ0v) is 16.7. The van der Waals surface area contributed by atoms with E-state index in [1.165, 1.54) is 4.90 Å². The third-order valence-corrected chi connectivity index (χ3v) is 5.84. The molecule has 0 bridgehead atoms. The summed E-state index contributed by atoms with van der Waals surface area (Å²) in [6.07, 6.45) is 0.534. The van der Waals surface area contributed by atoms with Crippen molar-refractivity contribution in [2.75, 3.05) is 20.3 Å². The molecule has 2 heterocycles. The van der Waals surface area contributed by atoms with Crippen molar-refractivity contribution in [1.82, 2.24) is 10.2 Å². The quantitative estimate of drug-likeness (QED) is 0.518. The molecule has 1 unspecified atom stereocenters. The minimum atomic E-state index is -1.15. The van der Waals surface area contributed by atoms with E-state index >= 15 is 0 Å². The molecule has 7 heteroatoms. The number of benzene rings is 1. The van der Waals surface area contributed by atoms with Crippen LogP contribution in [0.5, 0.6) is 0 Å². The maximum Gasteiger partial charge on any atom is 0.240 e. The van der Waals surface area contributed by atoms with E-state index in [1.54, 1.807) is 18.4 Å². The molecule has 0 radical (unpaired) electrons. The summed E-state index contributed by atoms with van der Waals surface area (Å²) in [5.41, 5.74) is -0.445. The highest BCUT2D eigenvalue weighted by Crippen LogP contribution is 2.39. The number of amides is 3. The molecule has 1 fully saturated rings. The molecule has 1 atom stereocenters. The summed E-state index contributed by atoms with van der Waals surface area (Å²) in [6, 6.07) is 13.0. The van der Waals surface area contributed by atoms with Gasteiger partial charge in [-0.05, 0) is 23.4 Å². The molecule has 1 aromatic carbocycles. The van der Waals surface area contributed by atoms with Crippen LogP contribution in [0.15, 0.2) is 47.8 Å². The van der Waals surface area contributed by atoms with Crippen LogP contribution < -0.4 is 5.32 Å². The Morgan fingerprint density at radius 2 is 2.00 bits per heavy atom. The third kappa shape index (κ3) is 4.31. The molecule has 3 amide bonds. The summed E-state index contributed by atoms with van der Waals surface area (Å²) in [5.74, 6) is -0.778. The van der Waals surface area contributed by atoms with Gasteiger partial charge in [-0.15, -0.1) is 11.3 Å². The Morgan fingerprint density at radius 1 is 1.21 bits per heavy atom. The molecule has 0 aliphatic carbocycles. The maximum absolute atomic E-state index is 13.3. The van der Waals surface area contributed by atoms with Crippen molar-refractivity contribution in [2.45, 2.75) is 31.2 Å². The Morgan fingerprint density at radius 3 is 2.68 bits per heavy atom. The largest absolute Gasteiger partial charge is 0.385 e. The van der Waals surface area contributed by atoms with Gasteiger partial charge in [0, 0.05) is 38.0 Å². The first-order valence-corrected chi connectivity index (χ1v) is 10.1. The van der Waals surface area contributed by atoms with E-state index in [-0.39, 0.29) is 30.6 Å². The van der Waals surface area contributed by atoms with Gasteiger partial charge in [-0.1, -0.05) is 36.4 Å². The van der Waals surface area contributed by atoms with Gasteiger partial charge < -0.3 is 10.1 Å². The van der Waals surface area contributed by atoms with Gasteiger partial charge in [0.25, 0.3) is 0 Å². The second-order valence-electron chi connectivity index (χ2n) is 6.85. The van der Waals surface area contributed by atoms with Crippen LogP contribution in [-0.2, 0) is 31.1 Å². The average molecular weight is 401 g/mol. The number of carbonyl (C=O) groups is 3. The normalized spacial score (nSPS) is 19.2. The van der Waals surface area contributed by atoms with Crippen LogP contribution in [0.4, 0.5) is 0 Å². The van der Waals surface area contributed by atoms with Gasteiger partial charge in [-0.2, -0.15) is 0 Å². The van der Waals surface area contributed by atoms with Crippen LogP contribution in [0.25, 0.3) is 0 Å². The summed E-state index contributed by atoms with van der Waals surface area (Å²) in [5, 5.41) is 4.83. The second-order valence-corrected chi connectivity index (χ2v) is 7.89. The van der Waals surface area contributed by atoms with Gasteiger partial charge in [0.05, 0.1) is 12.0 Å². The predicted molar refractivity (Wildman–Crippen MR) is 107 cm³/mol. The number of rotatable bonds is 9. The Kier molecular flexibility index (Phi) is 6.59. The molecule has 1 aromatic heterocycles. The Balaban J connectivity index is 1.80. The number of imide groups is 1. The van der Waals surface area contributed by atoms with Crippen molar-refractivity contribution >= 4 is 29.1 Å². The van der Waals surface area contributed by atoms with Crippen molar-refractivity contribution in [2.24, 2.45) is 0 Å². The first-order chi connectivity index (χ1) is 13.6. The number of nitrogens with one attached hydrogen (secondary N) is 1. The SMILES string of the molecule is COCCCN1C(=O)CC(CC(=O)NCc2cccs2)(c2ccccc2)C1=O. The van der Waals surface area contributed by atoms with Crippen LogP contribution in [0, 0.1) is 0 Å². The molecule has 1 aliphatic rings. The number of hydrogen-bond acceptors (Lipinski definition) is 5. The van der Waals surface area contributed by atoms with Gasteiger partial charge in [-0.25, -0.2) is 0 Å². The number of thiophene rings is 1. The van der Waals surface area contributed by atoms with E-state index in [2.05, 4.69) is 5.32 Å². The molecule has 0 spiro atoms. The molecule has 1 aliphatic heterocycles. The van der Waals surface area contributed by atoms with Crippen molar-refractivity contribution in [3.8, 4) is 0 Å². The van der Waals surface area contributed by atoms with Crippen LogP contribution in [0.2, 0.25) is 0 Å². The van der Waals surface area contributed by atoms with Crippen LogP contribution in [0.3, 0.4) is 0 Å². The van der Waals surface area contributed by atoms with Crippen molar-refractivity contribution in [3.05, 3.63) is 58.3 Å². The Labute approximate surface area is 168 Å². The lowest BCUT2D eigenvalue weighted by molar-refractivity contribution is -0.141. The van der Waals surface area contributed by atoms with E-state index in [0.29, 0.717) is 31.7 Å². The minimum Gasteiger partial charge on any atom is -0.385 e. The number of ether oxygens (including phenoxy) is 1. The fourth-order valence-electron chi connectivity index (χ4n) is 3.55. The predicted octanol–water partition coefficient (Wildman–Crippen LogP) is 2.49. The zero-order valence-electron chi connectivity index (χ0n) is 15.8. The molecule has 1 saturated heterocycles. The molecule has 148 valence electrons. The fourth-order valence-corrected chi connectivity index (χ4v) is 4.20. The van der Waals surface area contributed by atoms with E-state index in [0.717, 1.165) is 4.88 Å². The lowest BCUT2D eigenvalue weighted by Gasteiger charge is -2.27. The Hall–Kier alpha value is -2.51. The topological polar surface area (TPSA) is 75.7 Å². The number of hydrogen-bond donors (Lipinski definition) is 1. The van der Waals surface area contributed by atoms with Crippen molar-refractivity contribution in [3.63, 3.8) is 0 Å². The Bertz CT molecular complexity index is 822. The summed E-state index contributed by atoms with van der Waals surface area (Å²) in [4.78, 5) is 40.9. The third-order valence-electron chi connectivity index (χ3n) is 4.97. The number of carbonyl (C=O) groups excluding carboxylic acids is 3. The van der Waals surface area contributed by atoms with Gasteiger partial charge in [0.1, 0.15) is 0 Å². The monoisotopic (exact) mass is 400 g/mol. The molecule has 1 N–H and O–H groups in total. The minimum absolute atomic E-state index is 0.00918. The van der Waals surface area contributed by atoms with Crippen molar-refractivity contribution < 1.29 is 19.1 Å². The van der Waals surface area contributed by atoms with Crippen LogP contribution in [-0.4, -0.2) is 42.9 Å². The lowest BCUT2D eigenvalue weighted by atomic mass is 9.75. The van der Waals surface area contributed by atoms with Gasteiger partial charge >= 0.3 is 0 Å². The molecule has 3 rings (SSSR count). The van der Waals surface area contributed by atoms with E-state index in [9.17, 15) is 14.4 Å². The summed E-state index contributed by atoms with van der Waals surface area (Å²) in [7, 11) is 1.58. The van der Waals surface area contributed by atoms with Gasteiger partial charge in [0.2, 0.25) is 17.7 Å². The van der Waals surface area contributed by atoms with Crippen molar-refractivity contribution in [1.29, 1.82) is 0 Å². The first-order valence-electron chi connectivity index (χ1n) is 9.25. The maximum atomic E-state index is 13.3. The lowest BCUT2D eigenvalue weighted by Crippen LogP contribution is -2.42. The average Bonchev–Trinajstić information content (AvgIpc) is 3.30. The van der Waals surface area contributed by atoms with Crippen LogP contribution in [0.1, 0.15) is 29.7 Å². The summed E-state index contributed by atoms with van der Waals surface area (Å²) >= 11 is 1.56. The standard InChI is InChI=1S/C21H24N2O4S/c1-27-11-6-10-23-19(25)14-21(20(23)26,16-7-3-2-4-8-16)13-18(24)22-15-17-9-5-12-28-17/h2-5,7-9,12H,6,10-11,13-15H2,1H3,(H,22,24). The highest BCUT2D eigenvalue weighted by atomic mass is 32.1. The molecule has 2 aromatic rings. The number of nitrogens with zero attached hydrogens (tertiary/aromatic N) is 1. The second kappa shape index (κ2) is 9.12. The van der Waals surface area contributed by atoms with E-state index in [4.69, 9.17) is 4.74 Å². The van der Waals surface area contributed by atoms with Gasteiger partial charge in [-0.3, -0.25) is 19.3 Å². The molecular weight excluding hydrogens is 376 g/mol. The van der Waals surface area contributed by atoms with Crippen LogP contribution >= 0.6 is 11.3 Å². The number of likely N-dealkylation sites (tertiary alicyclic amines) is 1. The highest BCUT2D eigenvalue weighted by molar-refractivity contribution is 7.09. The zero-order chi connectivity index (χ0) is 20.0. The molecule has 0 saturated carbocycles. The summed E-state index contributed by atoms with van der Waals surface area (Å²) < 4.78 is 5.03.